The number of hydrogen-bond donors (Lipinski definition) is 0. The van der Waals surface area contributed by atoms with Crippen molar-refractivity contribution in [3.8, 4) is 0 Å². The molecule has 0 unspecified atom stereocenters. The van der Waals surface area contributed by atoms with E-state index < -0.39 is 0 Å². The second-order valence-corrected chi connectivity index (χ2v) is 3.37. The van der Waals surface area contributed by atoms with Gasteiger partial charge in [-0.05, 0) is 12.3 Å². The van der Waals surface area contributed by atoms with E-state index >= 15 is 0 Å². The van der Waals surface area contributed by atoms with Gasteiger partial charge < -0.3 is 4.74 Å². The summed E-state index contributed by atoms with van der Waals surface area (Å²) in [4.78, 5) is 0. The molecule has 1 heterocycles. The van der Waals surface area contributed by atoms with Crippen LogP contribution in [0, 0.1) is 11.8 Å². The fourth-order valence-electron chi connectivity index (χ4n) is 1.02. The molecule has 0 aliphatic carbocycles. The molecule has 1 aliphatic heterocycles. The van der Waals surface area contributed by atoms with E-state index in [9.17, 15) is 0 Å². The molecule has 0 radical (unpaired) electrons. The monoisotopic (exact) mass is 128 g/mol. The molecular formula is C8H16O. The number of rotatable bonds is 3. The Balaban J connectivity index is 1.91. The van der Waals surface area contributed by atoms with Crippen molar-refractivity contribution in [1.29, 1.82) is 0 Å². The minimum Gasteiger partial charge on any atom is -0.381 e. The molecule has 1 aliphatic rings. The minimum absolute atomic E-state index is 0.866. The van der Waals surface area contributed by atoms with Crippen molar-refractivity contribution in [2.24, 2.45) is 11.8 Å². The summed E-state index contributed by atoms with van der Waals surface area (Å²) in [6.45, 7) is 6.60. The van der Waals surface area contributed by atoms with Crippen LogP contribution in [-0.2, 0) is 4.74 Å². The maximum absolute atomic E-state index is 5.07. The van der Waals surface area contributed by atoms with Crippen LogP contribution in [0.1, 0.15) is 26.7 Å². The summed E-state index contributed by atoms with van der Waals surface area (Å²) in [7, 11) is 0. The Kier molecular flexibility index (Phi) is 2.52. The molecule has 9 heavy (non-hydrogen) atoms. The van der Waals surface area contributed by atoms with Crippen molar-refractivity contribution in [3.05, 3.63) is 0 Å². The molecule has 1 fully saturated rings. The van der Waals surface area contributed by atoms with Crippen LogP contribution in [0.5, 0.6) is 0 Å². The first kappa shape index (κ1) is 7.07. The highest BCUT2D eigenvalue weighted by atomic mass is 16.5. The van der Waals surface area contributed by atoms with E-state index in [1.54, 1.807) is 0 Å². The average molecular weight is 128 g/mol. The van der Waals surface area contributed by atoms with Gasteiger partial charge in [0, 0.05) is 5.92 Å². The van der Waals surface area contributed by atoms with Gasteiger partial charge in [-0.25, -0.2) is 0 Å². The van der Waals surface area contributed by atoms with Gasteiger partial charge in [-0.1, -0.05) is 20.3 Å². The molecule has 54 valence electrons. The third kappa shape index (κ3) is 2.35. The topological polar surface area (TPSA) is 9.23 Å². The Morgan fingerprint density at radius 2 is 2.11 bits per heavy atom. The van der Waals surface area contributed by atoms with Gasteiger partial charge in [-0.3, -0.25) is 0 Å². The first-order valence-corrected chi connectivity index (χ1v) is 3.87. The normalized spacial score (nSPS) is 20.3. The SMILES string of the molecule is CC(C)CCC1COC1. The van der Waals surface area contributed by atoms with Gasteiger partial charge in [0.05, 0.1) is 13.2 Å². The first-order chi connectivity index (χ1) is 4.29. The Bertz CT molecular complexity index is 74.6. The molecule has 1 saturated heterocycles. The highest BCUT2D eigenvalue weighted by molar-refractivity contribution is 4.65. The van der Waals surface area contributed by atoms with Crippen molar-refractivity contribution in [2.45, 2.75) is 26.7 Å². The van der Waals surface area contributed by atoms with E-state index in [1.165, 1.54) is 12.8 Å². The predicted octanol–water partition coefficient (Wildman–Crippen LogP) is 2.07. The Hall–Kier alpha value is -0.0400. The highest BCUT2D eigenvalue weighted by Crippen LogP contribution is 2.18. The summed E-state index contributed by atoms with van der Waals surface area (Å²) in [5.74, 6) is 1.76. The minimum atomic E-state index is 0.866. The zero-order chi connectivity index (χ0) is 6.69. The summed E-state index contributed by atoms with van der Waals surface area (Å²) >= 11 is 0. The van der Waals surface area contributed by atoms with Gasteiger partial charge >= 0.3 is 0 Å². The van der Waals surface area contributed by atoms with Crippen molar-refractivity contribution in [1.82, 2.24) is 0 Å². The summed E-state index contributed by atoms with van der Waals surface area (Å²) in [5.41, 5.74) is 0. The summed E-state index contributed by atoms with van der Waals surface area (Å²) < 4.78 is 5.07. The number of ether oxygens (including phenoxy) is 1. The van der Waals surface area contributed by atoms with Crippen LogP contribution in [0.15, 0.2) is 0 Å². The maximum Gasteiger partial charge on any atom is 0.0516 e. The molecule has 0 aromatic heterocycles. The van der Waals surface area contributed by atoms with Gasteiger partial charge in [0.15, 0.2) is 0 Å². The van der Waals surface area contributed by atoms with E-state index in [-0.39, 0.29) is 0 Å². The molecule has 1 rings (SSSR count). The van der Waals surface area contributed by atoms with Crippen molar-refractivity contribution in [2.75, 3.05) is 13.2 Å². The summed E-state index contributed by atoms with van der Waals surface area (Å²) in [6, 6.07) is 0. The molecule has 0 amide bonds. The maximum atomic E-state index is 5.07. The lowest BCUT2D eigenvalue weighted by atomic mass is 9.97. The quantitative estimate of drug-likeness (QED) is 0.565. The zero-order valence-electron chi connectivity index (χ0n) is 6.39. The Labute approximate surface area is 57.4 Å². The largest absolute Gasteiger partial charge is 0.381 e. The van der Waals surface area contributed by atoms with E-state index in [0.717, 1.165) is 25.0 Å². The smallest absolute Gasteiger partial charge is 0.0516 e. The standard InChI is InChI=1S/C8H16O/c1-7(2)3-4-8-5-9-6-8/h7-8H,3-6H2,1-2H3. The zero-order valence-corrected chi connectivity index (χ0v) is 6.39. The van der Waals surface area contributed by atoms with E-state index in [0.29, 0.717) is 0 Å². The molecule has 0 aromatic carbocycles. The molecule has 1 nitrogen and oxygen atoms in total. The van der Waals surface area contributed by atoms with Gasteiger partial charge in [-0.15, -0.1) is 0 Å². The third-order valence-corrected chi connectivity index (χ3v) is 1.86. The summed E-state index contributed by atoms with van der Waals surface area (Å²) in [5, 5.41) is 0. The lowest BCUT2D eigenvalue weighted by Gasteiger charge is -2.26. The van der Waals surface area contributed by atoms with Crippen LogP contribution >= 0.6 is 0 Å². The molecule has 0 spiro atoms. The van der Waals surface area contributed by atoms with Crippen LogP contribution in [0.3, 0.4) is 0 Å². The summed E-state index contributed by atoms with van der Waals surface area (Å²) in [6.07, 6.45) is 2.74. The Morgan fingerprint density at radius 3 is 2.44 bits per heavy atom. The average Bonchev–Trinajstić information content (AvgIpc) is 1.60. The van der Waals surface area contributed by atoms with Crippen LogP contribution in [0.2, 0.25) is 0 Å². The van der Waals surface area contributed by atoms with Crippen LogP contribution in [0.4, 0.5) is 0 Å². The third-order valence-electron chi connectivity index (χ3n) is 1.86. The van der Waals surface area contributed by atoms with Crippen LogP contribution in [-0.4, -0.2) is 13.2 Å². The molecule has 0 saturated carbocycles. The van der Waals surface area contributed by atoms with Crippen molar-refractivity contribution in [3.63, 3.8) is 0 Å². The molecular weight excluding hydrogens is 112 g/mol. The fourth-order valence-corrected chi connectivity index (χ4v) is 1.02. The van der Waals surface area contributed by atoms with Crippen molar-refractivity contribution >= 4 is 0 Å². The number of hydrogen-bond acceptors (Lipinski definition) is 1. The molecule has 0 atom stereocenters. The highest BCUT2D eigenvalue weighted by Gasteiger charge is 2.17. The molecule has 0 aromatic rings. The van der Waals surface area contributed by atoms with E-state index in [1.807, 2.05) is 0 Å². The van der Waals surface area contributed by atoms with Crippen molar-refractivity contribution < 1.29 is 4.74 Å². The van der Waals surface area contributed by atoms with Gasteiger partial charge in [0.2, 0.25) is 0 Å². The van der Waals surface area contributed by atoms with E-state index in [2.05, 4.69) is 13.8 Å². The first-order valence-electron chi connectivity index (χ1n) is 3.87. The fraction of sp³-hybridized carbons (Fsp3) is 1.00. The van der Waals surface area contributed by atoms with Crippen LogP contribution in [0.25, 0.3) is 0 Å². The van der Waals surface area contributed by atoms with E-state index in [4.69, 9.17) is 4.74 Å². The van der Waals surface area contributed by atoms with Gasteiger partial charge in [0.1, 0.15) is 0 Å². The van der Waals surface area contributed by atoms with Gasteiger partial charge in [-0.2, -0.15) is 0 Å². The van der Waals surface area contributed by atoms with Gasteiger partial charge in [0.25, 0.3) is 0 Å². The molecule has 1 heteroatoms. The Morgan fingerprint density at radius 1 is 1.44 bits per heavy atom. The second-order valence-electron chi connectivity index (χ2n) is 3.37. The predicted molar refractivity (Wildman–Crippen MR) is 38.4 cm³/mol. The molecule has 0 bridgehead atoms. The lowest BCUT2D eigenvalue weighted by molar-refractivity contribution is -0.0374. The van der Waals surface area contributed by atoms with Crippen LogP contribution < -0.4 is 0 Å². The second kappa shape index (κ2) is 3.21. The lowest BCUT2D eigenvalue weighted by Crippen LogP contribution is -2.27. The molecule has 0 N–H and O–H groups in total.